The van der Waals surface area contributed by atoms with Gasteiger partial charge in [-0.1, -0.05) is 0 Å². The van der Waals surface area contributed by atoms with Crippen LogP contribution in [0.1, 0.15) is 12.8 Å². The summed E-state index contributed by atoms with van der Waals surface area (Å²) >= 11 is 3.77. The third kappa shape index (κ3) is 6.42. The number of amides is 1. The van der Waals surface area contributed by atoms with Gasteiger partial charge in [0.2, 0.25) is 0 Å². The molecule has 76 valence electrons. The summed E-state index contributed by atoms with van der Waals surface area (Å²) in [4.78, 5) is 11.9. The number of carboxylic acid groups (broad SMARTS) is 1. The topological polar surface area (TPSA) is 40.5 Å². The van der Waals surface area contributed by atoms with Gasteiger partial charge in [-0.05, 0) is 0 Å². The Bertz CT molecular complexity index is 190. The van der Waals surface area contributed by atoms with Crippen LogP contribution in [-0.2, 0) is 0 Å². The van der Waals surface area contributed by atoms with Gasteiger partial charge in [0.05, 0.1) is 0 Å². The quantitative estimate of drug-likeness (QED) is 0.395. The van der Waals surface area contributed by atoms with Gasteiger partial charge in [-0.15, -0.1) is 0 Å². The maximum absolute atomic E-state index is 10.6. The molecule has 0 aromatic heterocycles. The second kappa shape index (κ2) is 8.28. The van der Waals surface area contributed by atoms with E-state index in [0.717, 1.165) is 24.3 Å². The normalized spacial score (nSPS) is 12.2. The molecule has 1 unspecified atom stereocenters. The van der Waals surface area contributed by atoms with Crippen LogP contribution in [0, 0.1) is 0 Å². The van der Waals surface area contributed by atoms with E-state index in [1.54, 1.807) is 7.05 Å². The predicted molar refractivity (Wildman–Crippen MR) is 62.1 cm³/mol. The van der Waals surface area contributed by atoms with Gasteiger partial charge in [0.25, 0.3) is 0 Å². The second-order valence-electron chi connectivity index (χ2n) is 3.25. The first kappa shape index (κ1) is 14.0. The van der Waals surface area contributed by atoms with Crippen LogP contribution in [0.4, 0.5) is 4.79 Å². The third-order valence-corrected chi connectivity index (χ3v) is 3.16. The van der Waals surface area contributed by atoms with Crippen molar-refractivity contribution in [2.75, 3.05) is 18.6 Å². The molecule has 0 aromatic rings. The molecule has 0 aromatic carbocycles. The molecule has 0 fully saturated rings. The Hall–Kier alpha value is -0.0426. The van der Waals surface area contributed by atoms with Crippen molar-refractivity contribution >= 4 is 35.6 Å². The first-order chi connectivity index (χ1) is 6.59. The van der Waals surface area contributed by atoms with Crippen molar-refractivity contribution in [2.45, 2.75) is 17.6 Å². The van der Waals surface area contributed by atoms with E-state index >= 15 is 0 Å². The SMILES string of the molecule is [Li][CH](CCCSCC=C)N(C)C(=O)O. The Morgan fingerprint density at radius 2 is 2.43 bits per heavy atom. The molecule has 0 radical (unpaired) electrons. The predicted octanol–water partition coefficient (Wildman–Crippen LogP) is 1.79. The Morgan fingerprint density at radius 1 is 1.79 bits per heavy atom. The Labute approximate surface area is 99.1 Å². The first-order valence-corrected chi connectivity index (χ1v) is 5.89. The van der Waals surface area contributed by atoms with Crippen LogP contribution in [0.15, 0.2) is 12.7 Å². The summed E-state index contributed by atoms with van der Waals surface area (Å²) in [5, 5.41) is 8.70. The summed E-state index contributed by atoms with van der Waals surface area (Å²) < 4.78 is 0.108. The van der Waals surface area contributed by atoms with Gasteiger partial charge in [0.15, 0.2) is 0 Å². The van der Waals surface area contributed by atoms with Crippen LogP contribution in [0.3, 0.4) is 0 Å². The number of thioether (sulfide) groups is 1. The van der Waals surface area contributed by atoms with Gasteiger partial charge in [-0.25, -0.2) is 0 Å². The van der Waals surface area contributed by atoms with Crippen molar-refractivity contribution < 1.29 is 9.90 Å². The molecule has 0 saturated heterocycles. The second-order valence-corrected chi connectivity index (χ2v) is 4.40. The fraction of sp³-hybridized carbons (Fsp3) is 0.667. The van der Waals surface area contributed by atoms with E-state index in [9.17, 15) is 4.79 Å². The molecular weight excluding hydrogens is 193 g/mol. The monoisotopic (exact) mass is 209 g/mol. The minimum absolute atomic E-state index is 0.108. The molecule has 0 heterocycles. The Balaban J connectivity index is 3.48. The summed E-state index contributed by atoms with van der Waals surface area (Å²) in [6.07, 6.45) is 3.01. The number of nitrogens with zero attached hydrogens (tertiary/aromatic N) is 1. The van der Waals surface area contributed by atoms with Gasteiger partial charge in [0.1, 0.15) is 0 Å². The van der Waals surface area contributed by atoms with E-state index < -0.39 is 6.09 Å². The van der Waals surface area contributed by atoms with E-state index in [1.165, 1.54) is 4.90 Å². The maximum atomic E-state index is 10.6. The van der Waals surface area contributed by atoms with E-state index in [4.69, 9.17) is 5.11 Å². The third-order valence-electron chi connectivity index (χ3n) is 2.11. The summed E-state index contributed by atoms with van der Waals surface area (Å²) in [5.41, 5.74) is 0. The van der Waals surface area contributed by atoms with E-state index in [0.29, 0.717) is 0 Å². The van der Waals surface area contributed by atoms with E-state index in [-0.39, 0.29) is 4.71 Å². The molecule has 0 bridgehead atoms. The molecule has 0 rings (SSSR count). The molecule has 0 saturated carbocycles. The molecule has 0 aliphatic carbocycles. The van der Waals surface area contributed by atoms with Crippen LogP contribution in [0.2, 0.25) is 0 Å². The van der Waals surface area contributed by atoms with Crippen molar-refractivity contribution in [2.24, 2.45) is 0 Å². The van der Waals surface area contributed by atoms with Crippen molar-refractivity contribution in [3.8, 4) is 0 Å². The average Bonchev–Trinajstić information content (AvgIpc) is 2.16. The van der Waals surface area contributed by atoms with Crippen LogP contribution >= 0.6 is 11.8 Å². The zero-order valence-corrected chi connectivity index (χ0v) is 9.72. The molecule has 0 aliphatic heterocycles. The molecule has 1 amide bonds. The molecule has 1 N–H and O–H groups in total. The van der Waals surface area contributed by atoms with Gasteiger partial charge in [-0.3, -0.25) is 0 Å². The van der Waals surface area contributed by atoms with Gasteiger partial charge >= 0.3 is 99.1 Å². The molecule has 1 atom stereocenters. The minimum atomic E-state index is -0.851. The van der Waals surface area contributed by atoms with Crippen LogP contribution in [0.5, 0.6) is 0 Å². The van der Waals surface area contributed by atoms with Gasteiger partial charge in [-0.2, -0.15) is 0 Å². The van der Waals surface area contributed by atoms with Crippen molar-refractivity contribution in [3.05, 3.63) is 12.7 Å². The first-order valence-electron chi connectivity index (χ1n) is 4.74. The number of carbonyl (C=O) groups is 1. The summed E-state index contributed by atoms with van der Waals surface area (Å²) in [5.74, 6) is 2.05. The molecule has 0 spiro atoms. The van der Waals surface area contributed by atoms with E-state index in [2.05, 4.69) is 6.58 Å². The average molecular weight is 209 g/mol. The Kier molecular flexibility index (Phi) is 8.26. The van der Waals surface area contributed by atoms with Gasteiger partial charge < -0.3 is 0 Å². The number of hydrogen-bond donors (Lipinski definition) is 1. The summed E-state index contributed by atoms with van der Waals surface area (Å²) in [6.45, 7) is 3.64. The molecule has 3 nitrogen and oxygen atoms in total. The van der Waals surface area contributed by atoms with Crippen LogP contribution in [-0.4, -0.2) is 57.1 Å². The molecular formula is C9H16LiNO2S. The van der Waals surface area contributed by atoms with Crippen molar-refractivity contribution in [3.63, 3.8) is 0 Å². The molecule has 14 heavy (non-hydrogen) atoms. The zero-order chi connectivity index (χ0) is 11.0. The standard InChI is InChI=1S/C9H16NO2S.Li/c1-3-7-13-8-5-4-6-10(2)9(11)12;/h3,6H,1,4-5,7-8H2,2H3,(H,11,12);. The summed E-state index contributed by atoms with van der Waals surface area (Å²) in [6, 6.07) is 0. The fourth-order valence-corrected chi connectivity index (χ4v) is 1.73. The molecule has 0 aliphatic rings. The summed E-state index contributed by atoms with van der Waals surface area (Å²) in [7, 11) is 1.61. The number of hydrogen-bond acceptors (Lipinski definition) is 2. The van der Waals surface area contributed by atoms with E-state index in [1.807, 2.05) is 35.6 Å². The van der Waals surface area contributed by atoms with Crippen LogP contribution < -0.4 is 0 Å². The zero-order valence-electron chi connectivity index (χ0n) is 8.90. The van der Waals surface area contributed by atoms with Crippen molar-refractivity contribution in [1.82, 2.24) is 4.90 Å². The number of rotatable bonds is 7. The molecule has 5 heteroatoms. The van der Waals surface area contributed by atoms with Crippen LogP contribution in [0.25, 0.3) is 0 Å². The fourth-order valence-electron chi connectivity index (χ4n) is 1.03. The van der Waals surface area contributed by atoms with Crippen molar-refractivity contribution in [1.29, 1.82) is 0 Å². The van der Waals surface area contributed by atoms with Gasteiger partial charge in [0, 0.05) is 0 Å². The Morgan fingerprint density at radius 3 is 2.93 bits per heavy atom.